The van der Waals surface area contributed by atoms with Crippen molar-refractivity contribution in [1.29, 1.82) is 5.26 Å². The van der Waals surface area contributed by atoms with Gasteiger partial charge in [0.25, 0.3) is 0 Å². The van der Waals surface area contributed by atoms with Crippen molar-refractivity contribution in [2.75, 3.05) is 19.6 Å². The third-order valence-electron chi connectivity index (χ3n) is 7.51. The quantitative estimate of drug-likeness (QED) is 0.704. The van der Waals surface area contributed by atoms with Crippen LogP contribution in [-0.2, 0) is 9.59 Å². The molecule has 1 aromatic carbocycles. The molecule has 2 bridgehead atoms. The predicted molar refractivity (Wildman–Crippen MR) is 112 cm³/mol. The summed E-state index contributed by atoms with van der Waals surface area (Å²) in [6.07, 6.45) is 4.64. The summed E-state index contributed by atoms with van der Waals surface area (Å²) in [4.78, 5) is 32.2. The molecule has 0 spiro atoms. The van der Waals surface area contributed by atoms with Gasteiger partial charge in [-0.05, 0) is 55.7 Å². The standard InChI is InChI=1S/C24H29FN4O2/c1-15(23(30)28-10-2-3-19(28)12-26)13-27-14-20-11-21(27)24(31)29(20)22(16-4-5-16)17-6-8-18(25)9-7-17/h6-9,15-16,19-22H,2-5,10-11,13-14H2,1H3/t15-,19-,20-,21-,22+/m0/s1. The van der Waals surface area contributed by atoms with E-state index < -0.39 is 0 Å². The molecule has 0 radical (unpaired) electrons. The number of carbonyl (C=O) groups is 2. The van der Waals surface area contributed by atoms with Crippen LogP contribution in [-0.4, -0.2) is 64.3 Å². The lowest BCUT2D eigenvalue weighted by Crippen LogP contribution is -2.53. The fourth-order valence-corrected chi connectivity index (χ4v) is 5.87. The van der Waals surface area contributed by atoms with Crippen LogP contribution in [0.3, 0.4) is 0 Å². The summed E-state index contributed by atoms with van der Waals surface area (Å²) < 4.78 is 13.4. The van der Waals surface area contributed by atoms with Gasteiger partial charge < -0.3 is 9.80 Å². The molecule has 7 heteroatoms. The number of nitrogens with zero attached hydrogens (tertiary/aromatic N) is 4. The van der Waals surface area contributed by atoms with Gasteiger partial charge in [0.05, 0.1) is 18.2 Å². The maximum absolute atomic E-state index is 13.4. The molecule has 164 valence electrons. The molecule has 5 rings (SSSR count). The molecule has 3 heterocycles. The fraction of sp³-hybridized carbons (Fsp3) is 0.625. The number of amides is 2. The second kappa shape index (κ2) is 7.90. The Morgan fingerprint density at radius 3 is 2.65 bits per heavy atom. The van der Waals surface area contributed by atoms with E-state index in [4.69, 9.17) is 0 Å². The van der Waals surface area contributed by atoms with E-state index in [1.54, 1.807) is 4.90 Å². The highest BCUT2D eigenvalue weighted by molar-refractivity contribution is 5.86. The SMILES string of the molecule is C[C@@H](CN1C[C@@H]2C[C@H]1C(=O)N2[C@@H](c1ccc(F)cc1)C1CC1)C(=O)N1CCC[C@H]1C#N. The minimum Gasteiger partial charge on any atom is -0.330 e. The van der Waals surface area contributed by atoms with Crippen LogP contribution in [0.2, 0.25) is 0 Å². The first kappa shape index (κ1) is 20.4. The summed E-state index contributed by atoms with van der Waals surface area (Å²) in [5, 5.41) is 9.29. The normalized spacial score (nSPS) is 30.0. The molecule has 1 aromatic rings. The van der Waals surface area contributed by atoms with Gasteiger partial charge in [-0.25, -0.2) is 4.39 Å². The zero-order chi connectivity index (χ0) is 21.7. The van der Waals surface area contributed by atoms with Crippen molar-refractivity contribution < 1.29 is 14.0 Å². The summed E-state index contributed by atoms with van der Waals surface area (Å²) in [5.41, 5.74) is 1.02. The molecule has 1 saturated carbocycles. The van der Waals surface area contributed by atoms with Gasteiger partial charge in [0.2, 0.25) is 11.8 Å². The van der Waals surface area contributed by atoms with Crippen molar-refractivity contribution in [3.63, 3.8) is 0 Å². The summed E-state index contributed by atoms with van der Waals surface area (Å²) >= 11 is 0. The molecule has 5 atom stereocenters. The van der Waals surface area contributed by atoms with E-state index in [9.17, 15) is 19.2 Å². The van der Waals surface area contributed by atoms with Crippen LogP contribution in [0.4, 0.5) is 4.39 Å². The second-order valence-corrected chi connectivity index (χ2v) is 9.66. The van der Waals surface area contributed by atoms with E-state index in [0.717, 1.165) is 44.2 Å². The zero-order valence-electron chi connectivity index (χ0n) is 17.9. The average Bonchev–Trinajstić information content (AvgIpc) is 3.20. The van der Waals surface area contributed by atoms with Crippen molar-refractivity contribution in [3.05, 3.63) is 35.6 Å². The van der Waals surface area contributed by atoms with Gasteiger partial charge in [0.1, 0.15) is 11.9 Å². The molecular formula is C24H29FN4O2. The van der Waals surface area contributed by atoms with E-state index in [1.165, 1.54) is 12.1 Å². The molecule has 4 fully saturated rings. The van der Waals surface area contributed by atoms with Crippen LogP contribution in [0.1, 0.15) is 50.6 Å². The van der Waals surface area contributed by atoms with E-state index >= 15 is 0 Å². The predicted octanol–water partition coefficient (Wildman–Crippen LogP) is 2.71. The first-order valence-corrected chi connectivity index (χ1v) is 11.5. The number of hydrogen-bond donors (Lipinski definition) is 0. The Bertz CT molecular complexity index is 909. The fourth-order valence-electron chi connectivity index (χ4n) is 5.87. The van der Waals surface area contributed by atoms with Crippen LogP contribution >= 0.6 is 0 Å². The van der Waals surface area contributed by atoms with Crippen LogP contribution in [0.5, 0.6) is 0 Å². The van der Waals surface area contributed by atoms with Crippen LogP contribution < -0.4 is 0 Å². The molecule has 6 nitrogen and oxygen atoms in total. The molecule has 4 aliphatic rings. The lowest BCUT2D eigenvalue weighted by molar-refractivity contribution is -0.142. The Balaban J connectivity index is 1.26. The van der Waals surface area contributed by atoms with E-state index in [-0.39, 0.29) is 47.7 Å². The lowest BCUT2D eigenvalue weighted by atomic mass is 9.99. The van der Waals surface area contributed by atoms with E-state index in [1.807, 2.05) is 19.1 Å². The molecule has 1 aliphatic carbocycles. The Morgan fingerprint density at radius 1 is 1.26 bits per heavy atom. The monoisotopic (exact) mass is 424 g/mol. The number of rotatable bonds is 6. The van der Waals surface area contributed by atoms with E-state index in [2.05, 4.69) is 15.9 Å². The smallest absolute Gasteiger partial charge is 0.240 e. The van der Waals surface area contributed by atoms with Gasteiger partial charge in [-0.15, -0.1) is 0 Å². The number of halogens is 1. The summed E-state index contributed by atoms with van der Waals surface area (Å²) in [6.45, 7) is 3.90. The first-order valence-electron chi connectivity index (χ1n) is 11.5. The second-order valence-electron chi connectivity index (χ2n) is 9.66. The highest BCUT2D eigenvalue weighted by Gasteiger charge is 2.54. The van der Waals surface area contributed by atoms with Gasteiger partial charge in [-0.3, -0.25) is 14.5 Å². The first-order chi connectivity index (χ1) is 15.0. The van der Waals surface area contributed by atoms with Crippen LogP contribution in [0.25, 0.3) is 0 Å². The molecule has 0 aromatic heterocycles. The Hall–Kier alpha value is -2.46. The number of benzene rings is 1. The average molecular weight is 425 g/mol. The Morgan fingerprint density at radius 2 is 2.00 bits per heavy atom. The number of fused-ring (bicyclic) bond motifs is 2. The minimum absolute atomic E-state index is 0.0262. The van der Waals surface area contributed by atoms with Gasteiger partial charge >= 0.3 is 0 Å². The number of likely N-dealkylation sites (tertiary alicyclic amines) is 3. The number of carbonyl (C=O) groups excluding carboxylic acids is 2. The Kier molecular flexibility index (Phi) is 5.21. The van der Waals surface area contributed by atoms with Gasteiger partial charge in [0.15, 0.2) is 0 Å². The maximum atomic E-state index is 13.4. The maximum Gasteiger partial charge on any atom is 0.240 e. The zero-order valence-corrected chi connectivity index (χ0v) is 17.9. The third kappa shape index (κ3) is 3.61. The molecule has 3 aliphatic heterocycles. The number of piperazine rings is 1. The van der Waals surface area contributed by atoms with Gasteiger partial charge in [-0.1, -0.05) is 19.1 Å². The molecule has 31 heavy (non-hydrogen) atoms. The lowest BCUT2D eigenvalue weighted by Gasteiger charge is -2.40. The van der Waals surface area contributed by atoms with Crippen molar-refractivity contribution in [3.8, 4) is 6.07 Å². The van der Waals surface area contributed by atoms with Crippen molar-refractivity contribution >= 4 is 11.8 Å². The molecule has 3 saturated heterocycles. The minimum atomic E-state index is -0.308. The summed E-state index contributed by atoms with van der Waals surface area (Å²) in [5.74, 6) is 0.146. The van der Waals surface area contributed by atoms with Crippen molar-refractivity contribution in [2.45, 2.75) is 63.2 Å². The summed E-state index contributed by atoms with van der Waals surface area (Å²) in [6, 6.07) is 8.54. The van der Waals surface area contributed by atoms with Crippen molar-refractivity contribution in [1.82, 2.24) is 14.7 Å². The largest absolute Gasteiger partial charge is 0.330 e. The topological polar surface area (TPSA) is 67.7 Å². The van der Waals surface area contributed by atoms with Crippen LogP contribution in [0, 0.1) is 29.0 Å². The van der Waals surface area contributed by atoms with E-state index in [0.29, 0.717) is 19.0 Å². The third-order valence-corrected chi connectivity index (χ3v) is 7.51. The molecule has 0 unspecified atom stereocenters. The van der Waals surface area contributed by atoms with Gasteiger partial charge in [-0.2, -0.15) is 5.26 Å². The number of hydrogen-bond acceptors (Lipinski definition) is 4. The summed E-state index contributed by atoms with van der Waals surface area (Å²) in [7, 11) is 0. The highest BCUT2D eigenvalue weighted by Crippen LogP contribution is 2.49. The molecule has 2 amide bonds. The van der Waals surface area contributed by atoms with Crippen molar-refractivity contribution in [2.24, 2.45) is 11.8 Å². The molecule has 0 N–H and O–H groups in total. The highest BCUT2D eigenvalue weighted by atomic mass is 19.1. The van der Waals surface area contributed by atoms with Gasteiger partial charge in [0, 0.05) is 31.6 Å². The Labute approximate surface area is 182 Å². The van der Waals surface area contributed by atoms with Crippen LogP contribution in [0.15, 0.2) is 24.3 Å². The molecular weight excluding hydrogens is 395 g/mol. The number of nitriles is 1.